The Hall–Kier alpha value is -2.91. The minimum Gasteiger partial charge on any atom is -0.394 e. The van der Waals surface area contributed by atoms with Gasteiger partial charge in [-0.25, -0.2) is 15.0 Å². The molecule has 1 fully saturated rings. The molecule has 0 radical (unpaired) electrons. The summed E-state index contributed by atoms with van der Waals surface area (Å²) in [6.45, 7) is 3.33. The Balaban J connectivity index is 1.50. The Morgan fingerprint density at radius 3 is 2.54 bits per heavy atom. The van der Waals surface area contributed by atoms with Crippen LogP contribution in [0.1, 0.15) is 58.8 Å². The number of ether oxygens (including phenoxy) is 1. The van der Waals surface area contributed by atoms with E-state index >= 15 is 0 Å². The first-order valence-corrected chi connectivity index (χ1v) is 13.5. The summed E-state index contributed by atoms with van der Waals surface area (Å²) < 4.78 is 5.77. The number of hydrogen-bond acceptors (Lipinski definition) is 11. The van der Waals surface area contributed by atoms with E-state index < -0.39 is 49.2 Å². The van der Waals surface area contributed by atoms with Crippen molar-refractivity contribution in [1.29, 1.82) is 0 Å². The number of nitrogens with one attached hydrogen (secondary N) is 4. The fraction of sp³-hybridized carbons (Fsp3) is 0.720. The molecule has 3 rings (SSSR count). The Kier molecular flexibility index (Phi) is 11.8. The minimum absolute atomic E-state index is 0.228. The molecule has 0 unspecified atom stereocenters. The summed E-state index contributed by atoms with van der Waals surface area (Å²) >= 11 is 0. The second kappa shape index (κ2) is 15.0. The van der Waals surface area contributed by atoms with E-state index in [9.17, 15) is 30.0 Å². The average molecular weight is 552 g/mol. The summed E-state index contributed by atoms with van der Waals surface area (Å²) in [5.74, 6) is 0.0175. The highest BCUT2D eigenvalue weighted by molar-refractivity contribution is 5.85. The summed E-state index contributed by atoms with van der Waals surface area (Å²) in [5, 5.41) is 49.3. The lowest BCUT2D eigenvalue weighted by atomic mass is 9.92. The molecular weight excluding hydrogens is 510 g/mol. The third-order valence-electron chi connectivity index (χ3n) is 6.71. The molecule has 0 bridgehead atoms. The van der Waals surface area contributed by atoms with Crippen molar-refractivity contribution in [2.45, 2.75) is 95.5 Å². The van der Waals surface area contributed by atoms with Crippen LogP contribution in [0.25, 0.3) is 11.2 Å². The maximum atomic E-state index is 12.6. The van der Waals surface area contributed by atoms with E-state index in [-0.39, 0.29) is 18.3 Å². The van der Waals surface area contributed by atoms with Gasteiger partial charge >= 0.3 is 0 Å². The highest BCUT2D eigenvalue weighted by Crippen LogP contribution is 2.26. The molecule has 39 heavy (non-hydrogen) atoms. The summed E-state index contributed by atoms with van der Waals surface area (Å²) in [5.41, 5.74) is 0.790. The smallest absolute Gasteiger partial charge is 0.239 e. The zero-order valence-electron chi connectivity index (χ0n) is 22.4. The van der Waals surface area contributed by atoms with Gasteiger partial charge in [-0.05, 0) is 12.3 Å². The van der Waals surface area contributed by atoms with Gasteiger partial charge < -0.3 is 46.1 Å². The van der Waals surface area contributed by atoms with Gasteiger partial charge in [0.25, 0.3) is 0 Å². The lowest BCUT2D eigenvalue weighted by Crippen LogP contribution is -2.68. The van der Waals surface area contributed by atoms with E-state index in [0.29, 0.717) is 23.5 Å². The van der Waals surface area contributed by atoms with E-state index in [1.807, 2.05) is 0 Å². The van der Waals surface area contributed by atoms with Crippen molar-refractivity contribution in [3.63, 3.8) is 0 Å². The van der Waals surface area contributed by atoms with Gasteiger partial charge in [-0.15, -0.1) is 0 Å². The zero-order valence-corrected chi connectivity index (χ0v) is 22.4. The number of amides is 2. The van der Waals surface area contributed by atoms with Crippen molar-refractivity contribution < 1.29 is 34.8 Å². The van der Waals surface area contributed by atoms with Crippen LogP contribution in [0.3, 0.4) is 0 Å². The predicted molar refractivity (Wildman–Crippen MR) is 141 cm³/mol. The van der Waals surface area contributed by atoms with Crippen molar-refractivity contribution in [2.24, 2.45) is 5.92 Å². The summed E-state index contributed by atoms with van der Waals surface area (Å²) in [4.78, 5) is 39.7. The maximum absolute atomic E-state index is 12.6. The van der Waals surface area contributed by atoms with Gasteiger partial charge in [0.05, 0.1) is 25.5 Å². The third kappa shape index (κ3) is 8.80. The normalized spacial score (nSPS) is 24.0. The van der Waals surface area contributed by atoms with Crippen molar-refractivity contribution in [1.82, 2.24) is 30.6 Å². The molecule has 1 aliphatic rings. The average Bonchev–Trinajstić information content (AvgIpc) is 3.40. The first-order chi connectivity index (χ1) is 18.7. The van der Waals surface area contributed by atoms with Gasteiger partial charge in [0.2, 0.25) is 11.8 Å². The molecule has 8 N–H and O–H groups in total. The lowest BCUT2D eigenvalue weighted by molar-refractivity contribution is -0.204. The second-order valence-corrected chi connectivity index (χ2v) is 10.3. The van der Waals surface area contributed by atoms with Crippen LogP contribution in [-0.4, -0.2) is 102 Å². The second-order valence-electron chi connectivity index (χ2n) is 10.3. The van der Waals surface area contributed by atoms with E-state index in [1.165, 1.54) is 25.5 Å². The Labute approximate surface area is 227 Å². The number of aliphatic hydroxyl groups excluding tert-OH is 4. The number of H-pyrrole nitrogens is 1. The highest BCUT2D eigenvalue weighted by Gasteiger charge is 2.48. The number of carbonyl (C=O) groups excluding carboxylic acids is 2. The fourth-order valence-corrected chi connectivity index (χ4v) is 4.52. The largest absolute Gasteiger partial charge is 0.394 e. The van der Waals surface area contributed by atoms with Crippen LogP contribution >= 0.6 is 0 Å². The van der Waals surface area contributed by atoms with Gasteiger partial charge in [-0.2, -0.15) is 0 Å². The Morgan fingerprint density at radius 1 is 1.05 bits per heavy atom. The van der Waals surface area contributed by atoms with Crippen molar-refractivity contribution in [3.8, 4) is 0 Å². The standard InChI is InChI=1S/C25H41N7O7/c1-14(2)8-6-4-3-5-7-9-16(35)26-10-17(36)31-18-20(37)21(38)25(39-22(18)15(34)11-33)32-24-19-23(28-12-27-19)29-13-30-24/h12-15,18,20-22,25,33-34,37-38H,3-11H2,1-2H3,(H,26,35)(H,31,36)(H2,27,28,29,30,32)/t15-,18+,20+,21-,22-,25+/m0/s1. The molecule has 0 aromatic carbocycles. The first kappa shape index (κ1) is 30.6. The van der Waals surface area contributed by atoms with Gasteiger partial charge in [0, 0.05) is 6.42 Å². The number of hydrogen-bond donors (Lipinski definition) is 8. The van der Waals surface area contributed by atoms with E-state index in [0.717, 1.165) is 25.7 Å². The number of anilines is 1. The summed E-state index contributed by atoms with van der Waals surface area (Å²) in [6.07, 6.45) is 2.06. The molecule has 14 nitrogen and oxygen atoms in total. The molecule has 2 aromatic rings. The first-order valence-electron chi connectivity index (χ1n) is 13.5. The summed E-state index contributed by atoms with van der Waals surface area (Å²) in [7, 11) is 0. The van der Waals surface area contributed by atoms with Crippen molar-refractivity contribution >= 4 is 28.8 Å². The SMILES string of the molecule is CC(C)CCCCCCCC(=O)NCC(=O)N[C@@H]1[C@@H](O)[C@H](O)[C@H](Nc2ncnc3nc[nH]c23)O[C@H]1[C@@H](O)CO. The maximum Gasteiger partial charge on any atom is 0.239 e. The van der Waals surface area contributed by atoms with Crippen LogP contribution < -0.4 is 16.0 Å². The monoisotopic (exact) mass is 551 g/mol. The van der Waals surface area contributed by atoms with Crippen LogP contribution in [0.15, 0.2) is 12.7 Å². The summed E-state index contributed by atoms with van der Waals surface area (Å²) in [6, 6.07) is -1.27. The van der Waals surface area contributed by atoms with Gasteiger partial charge in [-0.3, -0.25) is 9.59 Å². The number of fused-ring (bicyclic) bond motifs is 1. The van der Waals surface area contributed by atoms with Gasteiger partial charge in [0.15, 0.2) is 17.7 Å². The zero-order chi connectivity index (χ0) is 28.4. The van der Waals surface area contributed by atoms with E-state index in [2.05, 4.69) is 49.7 Å². The molecule has 3 heterocycles. The Bertz CT molecular complexity index is 1050. The molecule has 1 saturated heterocycles. The molecule has 0 spiro atoms. The number of aromatic amines is 1. The third-order valence-corrected chi connectivity index (χ3v) is 6.71. The number of unbranched alkanes of at least 4 members (excludes halogenated alkanes) is 4. The van der Waals surface area contributed by atoms with Gasteiger partial charge in [-0.1, -0.05) is 46.0 Å². The molecule has 0 saturated carbocycles. The molecule has 2 aromatic heterocycles. The predicted octanol–water partition coefficient (Wildman–Crippen LogP) is -0.448. The van der Waals surface area contributed by atoms with Crippen molar-refractivity contribution in [2.75, 3.05) is 18.5 Å². The molecule has 0 aliphatic carbocycles. The van der Waals surface area contributed by atoms with Crippen LogP contribution in [0.2, 0.25) is 0 Å². The van der Waals surface area contributed by atoms with Crippen LogP contribution in [0.5, 0.6) is 0 Å². The van der Waals surface area contributed by atoms with Crippen molar-refractivity contribution in [3.05, 3.63) is 12.7 Å². The molecule has 2 amide bonds. The number of rotatable bonds is 15. The number of imidazole rings is 1. The minimum atomic E-state index is -1.59. The lowest BCUT2D eigenvalue weighted by Gasteiger charge is -2.44. The molecule has 1 aliphatic heterocycles. The van der Waals surface area contributed by atoms with Crippen LogP contribution in [0, 0.1) is 5.92 Å². The topological polar surface area (TPSA) is 215 Å². The molecule has 6 atom stereocenters. The number of aliphatic hydroxyl groups is 4. The number of carbonyl (C=O) groups is 2. The van der Waals surface area contributed by atoms with Gasteiger partial charge in [0.1, 0.15) is 36.3 Å². The highest BCUT2D eigenvalue weighted by atomic mass is 16.5. The molecular formula is C25H41N7O7. The molecule has 218 valence electrons. The fourth-order valence-electron chi connectivity index (χ4n) is 4.52. The number of nitrogens with zero attached hydrogens (tertiary/aromatic N) is 3. The van der Waals surface area contributed by atoms with Crippen LogP contribution in [0.4, 0.5) is 5.82 Å². The van der Waals surface area contributed by atoms with E-state index in [1.54, 1.807) is 0 Å². The Morgan fingerprint density at radius 2 is 1.79 bits per heavy atom. The molecule has 14 heteroatoms. The quantitative estimate of drug-likeness (QED) is 0.133. The number of aromatic nitrogens is 4. The van der Waals surface area contributed by atoms with E-state index in [4.69, 9.17) is 4.74 Å². The van der Waals surface area contributed by atoms with Crippen LogP contribution in [-0.2, 0) is 14.3 Å².